The Morgan fingerprint density at radius 1 is 1.12 bits per heavy atom. The van der Waals surface area contributed by atoms with Crippen LogP contribution in [-0.4, -0.2) is 34.0 Å². The van der Waals surface area contributed by atoms with Crippen LogP contribution in [0.25, 0.3) is 0 Å². The highest BCUT2D eigenvalue weighted by Gasteiger charge is 2.03. The minimum Gasteiger partial charge on any atom is -0.354 e. The molecule has 1 aromatic rings. The maximum atomic E-state index is 10.6. The van der Waals surface area contributed by atoms with Crippen molar-refractivity contribution in [3.8, 4) is 0 Å². The molecule has 2 rings (SSSR count). The monoisotopic (exact) mass is 257 g/mol. The SMILES string of the molecule is NS(=O)(=O)c1ccccc1.O=C1CNCCN1. The summed E-state index contributed by atoms with van der Waals surface area (Å²) in [7, 11) is -3.50. The molecule has 0 aliphatic carbocycles. The Kier molecular flexibility index (Phi) is 5.08. The zero-order valence-corrected chi connectivity index (χ0v) is 10.0. The third-order valence-corrected chi connectivity index (χ3v) is 2.91. The Hall–Kier alpha value is -1.44. The van der Waals surface area contributed by atoms with Crippen molar-refractivity contribution in [1.29, 1.82) is 0 Å². The van der Waals surface area contributed by atoms with Crippen LogP contribution in [0.1, 0.15) is 0 Å². The van der Waals surface area contributed by atoms with Crippen LogP contribution < -0.4 is 15.8 Å². The second kappa shape index (κ2) is 6.33. The maximum absolute atomic E-state index is 10.6. The molecule has 7 heteroatoms. The number of primary sulfonamides is 1. The van der Waals surface area contributed by atoms with Crippen LogP contribution in [0.3, 0.4) is 0 Å². The molecule has 6 nitrogen and oxygen atoms in total. The Bertz CT molecular complexity index is 451. The summed E-state index contributed by atoms with van der Waals surface area (Å²) in [4.78, 5) is 10.4. The molecule has 1 aliphatic rings. The molecule has 1 aromatic carbocycles. The molecule has 0 aromatic heterocycles. The molecule has 1 amide bonds. The highest BCUT2D eigenvalue weighted by Crippen LogP contribution is 2.02. The van der Waals surface area contributed by atoms with E-state index in [1.807, 2.05) is 0 Å². The molecule has 0 saturated carbocycles. The van der Waals surface area contributed by atoms with Crippen molar-refractivity contribution in [3.05, 3.63) is 30.3 Å². The van der Waals surface area contributed by atoms with Crippen LogP contribution >= 0.6 is 0 Å². The average molecular weight is 257 g/mol. The lowest BCUT2D eigenvalue weighted by atomic mass is 10.4. The molecule has 4 N–H and O–H groups in total. The van der Waals surface area contributed by atoms with Crippen molar-refractivity contribution in [1.82, 2.24) is 10.6 Å². The van der Waals surface area contributed by atoms with Crippen molar-refractivity contribution >= 4 is 15.9 Å². The number of carbonyl (C=O) groups is 1. The van der Waals surface area contributed by atoms with E-state index in [0.717, 1.165) is 13.1 Å². The summed E-state index contributed by atoms with van der Waals surface area (Å²) < 4.78 is 21.2. The van der Waals surface area contributed by atoms with Gasteiger partial charge in [0, 0.05) is 13.1 Å². The molecule has 1 aliphatic heterocycles. The Morgan fingerprint density at radius 2 is 1.76 bits per heavy atom. The molecule has 17 heavy (non-hydrogen) atoms. The number of benzene rings is 1. The van der Waals surface area contributed by atoms with Gasteiger partial charge in [0.1, 0.15) is 0 Å². The van der Waals surface area contributed by atoms with E-state index in [2.05, 4.69) is 10.6 Å². The summed E-state index contributed by atoms with van der Waals surface area (Å²) in [6.45, 7) is 2.17. The number of piperazine rings is 1. The molecule has 1 fully saturated rings. The smallest absolute Gasteiger partial charge is 0.238 e. The van der Waals surface area contributed by atoms with E-state index in [1.54, 1.807) is 18.2 Å². The molecule has 1 saturated heterocycles. The molecular formula is C10H15N3O3S. The quantitative estimate of drug-likeness (QED) is 0.603. The topological polar surface area (TPSA) is 101 Å². The fourth-order valence-electron chi connectivity index (χ4n) is 1.16. The van der Waals surface area contributed by atoms with Gasteiger partial charge in [0.2, 0.25) is 15.9 Å². The van der Waals surface area contributed by atoms with Gasteiger partial charge in [-0.05, 0) is 12.1 Å². The third-order valence-electron chi connectivity index (χ3n) is 1.98. The molecule has 94 valence electrons. The molecule has 0 atom stereocenters. The van der Waals surface area contributed by atoms with E-state index in [0.29, 0.717) is 6.54 Å². The van der Waals surface area contributed by atoms with Crippen LogP contribution in [0, 0.1) is 0 Å². The Labute approximate surface area is 100 Å². The fraction of sp³-hybridized carbons (Fsp3) is 0.300. The minimum atomic E-state index is -3.50. The normalized spacial score (nSPS) is 15.5. The molecule has 1 heterocycles. The van der Waals surface area contributed by atoms with Crippen molar-refractivity contribution < 1.29 is 13.2 Å². The lowest BCUT2D eigenvalue weighted by Gasteiger charge is -2.11. The van der Waals surface area contributed by atoms with E-state index in [9.17, 15) is 13.2 Å². The van der Waals surface area contributed by atoms with Gasteiger partial charge in [-0.15, -0.1) is 0 Å². The van der Waals surface area contributed by atoms with Crippen molar-refractivity contribution in [2.45, 2.75) is 4.90 Å². The number of nitrogens with one attached hydrogen (secondary N) is 2. The van der Waals surface area contributed by atoms with Crippen molar-refractivity contribution in [2.24, 2.45) is 5.14 Å². The minimum absolute atomic E-state index is 0.103. The number of sulfonamides is 1. The summed E-state index contributed by atoms with van der Waals surface area (Å²) in [5.74, 6) is 0.103. The highest BCUT2D eigenvalue weighted by molar-refractivity contribution is 7.89. The van der Waals surface area contributed by atoms with Crippen LogP contribution in [0.4, 0.5) is 0 Å². The van der Waals surface area contributed by atoms with Crippen molar-refractivity contribution in [3.63, 3.8) is 0 Å². The van der Waals surface area contributed by atoms with E-state index < -0.39 is 10.0 Å². The van der Waals surface area contributed by atoms with Gasteiger partial charge in [0.25, 0.3) is 0 Å². The van der Waals surface area contributed by atoms with Crippen molar-refractivity contribution in [2.75, 3.05) is 19.6 Å². The standard InChI is InChI=1S/C6H7NO2S.C4H8N2O/c7-10(8,9)6-4-2-1-3-5-6;7-4-3-5-1-2-6-4/h1-5H,(H2,7,8,9);5H,1-3H2,(H,6,7). The van der Waals surface area contributed by atoms with Gasteiger partial charge in [-0.2, -0.15) is 0 Å². The number of rotatable bonds is 1. The average Bonchev–Trinajstić information content (AvgIpc) is 2.31. The number of hydrogen-bond donors (Lipinski definition) is 3. The lowest BCUT2D eigenvalue weighted by Crippen LogP contribution is -2.44. The largest absolute Gasteiger partial charge is 0.354 e. The van der Waals surface area contributed by atoms with Gasteiger partial charge in [0.05, 0.1) is 11.4 Å². The number of nitrogens with two attached hydrogens (primary N) is 1. The predicted molar refractivity (Wildman–Crippen MR) is 63.7 cm³/mol. The predicted octanol–water partition coefficient (Wildman–Crippen LogP) is -0.960. The molecule has 0 bridgehead atoms. The first kappa shape index (κ1) is 13.6. The summed E-state index contributed by atoms with van der Waals surface area (Å²) >= 11 is 0. The summed E-state index contributed by atoms with van der Waals surface area (Å²) in [5.41, 5.74) is 0. The fourth-order valence-corrected chi connectivity index (χ4v) is 1.70. The maximum Gasteiger partial charge on any atom is 0.238 e. The van der Waals surface area contributed by atoms with E-state index in [-0.39, 0.29) is 10.8 Å². The van der Waals surface area contributed by atoms with Gasteiger partial charge in [-0.25, -0.2) is 13.6 Å². The second-order valence-corrected chi connectivity index (χ2v) is 4.95. The van der Waals surface area contributed by atoms with E-state index in [4.69, 9.17) is 5.14 Å². The van der Waals surface area contributed by atoms with Crippen LogP contribution in [-0.2, 0) is 14.8 Å². The van der Waals surface area contributed by atoms with E-state index >= 15 is 0 Å². The Balaban J connectivity index is 0.000000181. The third kappa shape index (κ3) is 5.43. The van der Waals surface area contributed by atoms with Crippen LogP contribution in [0.2, 0.25) is 0 Å². The van der Waals surface area contributed by atoms with Gasteiger partial charge in [-0.3, -0.25) is 4.79 Å². The Morgan fingerprint density at radius 3 is 2.06 bits per heavy atom. The number of hydrogen-bond acceptors (Lipinski definition) is 4. The summed E-state index contributed by atoms with van der Waals surface area (Å²) in [6.07, 6.45) is 0. The van der Waals surface area contributed by atoms with Crippen LogP contribution in [0.5, 0.6) is 0 Å². The summed E-state index contributed by atoms with van der Waals surface area (Å²) in [6, 6.07) is 7.89. The van der Waals surface area contributed by atoms with Gasteiger partial charge < -0.3 is 10.6 Å². The highest BCUT2D eigenvalue weighted by atomic mass is 32.2. The first-order valence-corrected chi connectivity index (χ1v) is 6.60. The molecule has 0 unspecified atom stereocenters. The van der Waals surface area contributed by atoms with Gasteiger partial charge >= 0.3 is 0 Å². The van der Waals surface area contributed by atoms with Crippen LogP contribution in [0.15, 0.2) is 35.2 Å². The summed E-state index contributed by atoms with van der Waals surface area (Å²) in [5, 5.41) is 10.4. The van der Waals surface area contributed by atoms with Gasteiger partial charge in [0.15, 0.2) is 0 Å². The van der Waals surface area contributed by atoms with E-state index in [1.165, 1.54) is 12.1 Å². The molecule has 0 radical (unpaired) electrons. The lowest BCUT2D eigenvalue weighted by molar-refractivity contribution is -0.121. The van der Waals surface area contributed by atoms with Gasteiger partial charge in [-0.1, -0.05) is 18.2 Å². The zero-order valence-electron chi connectivity index (χ0n) is 9.22. The second-order valence-electron chi connectivity index (χ2n) is 3.38. The number of carbonyl (C=O) groups excluding carboxylic acids is 1. The number of amides is 1. The molecule has 0 spiro atoms. The first-order chi connectivity index (χ1) is 8.00. The zero-order chi connectivity index (χ0) is 12.7. The molecular weight excluding hydrogens is 242 g/mol. The first-order valence-electron chi connectivity index (χ1n) is 5.05.